The number of nitrogens with zero attached hydrogens (tertiary/aromatic N) is 3. The van der Waals surface area contributed by atoms with Gasteiger partial charge in [0.05, 0.1) is 0 Å². The molecule has 0 radical (unpaired) electrons. The van der Waals surface area contributed by atoms with E-state index in [0.717, 1.165) is 30.4 Å². The van der Waals surface area contributed by atoms with E-state index >= 15 is 0 Å². The highest BCUT2D eigenvalue weighted by molar-refractivity contribution is 7.99. The number of piperazine rings is 1. The predicted molar refractivity (Wildman–Crippen MR) is 102 cm³/mol. The van der Waals surface area contributed by atoms with Crippen molar-refractivity contribution >= 4 is 33.6 Å². The van der Waals surface area contributed by atoms with Crippen LogP contribution < -0.4 is 0 Å². The summed E-state index contributed by atoms with van der Waals surface area (Å²) in [5, 5.41) is 0.755. The van der Waals surface area contributed by atoms with Crippen LogP contribution >= 0.6 is 23.4 Å². The summed E-state index contributed by atoms with van der Waals surface area (Å²) in [6.07, 6.45) is 0. The molecule has 2 rings (SSSR count). The predicted octanol–water partition coefficient (Wildman–Crippen LogP) is 2.64. The zero-order valence-electron chi connectivity index (χ0n) is 14.3. The minimum absolute atomic E-state index is 0.525. The van der Waals surface area contributed by atoms with Crippen LogP contribution in [-0.2, 0) is 10.2 Å². The Morgan fingerprint density at radius 2 is 1.67 bits per heavy atom. The van der Waals surface area contributed by atoms with Crippen molar-refractivity contribution in [3.8, 4) is 0 Å². The third-order valence-corrected chi connectivity index (χ3v) is 7.61. The van der Waals surface area contributed by atoms with Gasteiger partial charge in [0, 0.05) is 61.5 Å². The Morgan fingerprint density at radius 3 is 2.21 bits per heavy atom. The van der Waals surface area contributed by atoms with Gasteiger partial charge < -0.3 is 0 Å². The quantitative estimate of drug-likeness (QED) is 0.639. The molecule has 0 aliphatic carbocycles. The van der Waals surface area contributed by atoms with E-state index in [1.807, 2.05) is 38.1 Å². The first-order chi connectivity index (χ1) is 11.5. The monoisotopic (exact) mass is 391 g/mol. The summed E-state index contributed by atoms with van der Waals surface area (Å²) < 4.78 is 28.1. The van der Waals surface area contributed by atoms with Crippen LogP contribution in [0.3, 0.4) is 0 Å². The Hall–Kier alpha value is -0.310. The average molecular weight is 392 g/mol. The largest absolute Gasteiger partial charge is 0.300 e. The number of hydrogen-bond donors (Lipinski definition) is 0. The smallest absolute Gasteiger partial charge is 0.282 e. The Labute approximate surface area is 155 Å². The van der Waals surface area contributed by atoms with Gasteiger partial charge in [-0.1, -0.05) is 25.4 Å². The van der Waals surface area contributed by atoms with Gasteiger partial charge in [-0.25, -0.2) is 0 Å². The van der Waals surface area contributed by atoms with Gasteiger partial charge in [0.1, 0.15) is 0 Å². The molecule has 1 heterocycles. The fraction of sp³-hybridized carbons (Fsp3) is 0.625. The molecule has 1 aromatic rings. The highest BCUT2D eigenvalue weighted by atomic mass is 35.5. The van der Waals surface area contributed by atoms with E-state index in [0.29, 0.717) is 26.2 Å². The molecule has 8 heteroatoms. The average Bonchev–Trinajstić information content (AvgIpc) is 2.58. The van der Waals surface area contributed by atoms with E-state index in [-0.39, 0.29) is 0 Å². The molecular weight excluding hydrogens is 366 g/mol. The fourth-order valence-corrected chi connectivity index (χ4v) is 5.36. The second-order valence-electron chi connectivity index (χ2n) is 5.64. The lowest BCUT2D eigenvalue weighted by molar-refractivity contribution is 0.190. The summed E-state index contributed by atoms with van der Waals surface area (Å²) in [6, 6.07) is 7.87. The summed E-state index contributed by atoms with van der Waals surface area (Å²) in [5.41, 5.74) is 0. The highest BCUT2D eigenvalue weighted by Gasteiger charge is 2.30. The van der Waals surface area contributed by atoms with Crippen LogP contribution in [0.1, 0.15) is 13.8 Å². The summed E-state index contributed by atoms with van der Waals surface area (Å²) in [7, 11) is -3.29. The lowest BCUT2D eigenvalue weighted by Gasteiger charge is -2.36. The standard InChI is InChI=1S/C16H26ClN3O2S2/c1-3-19(4-2)24(21,22)20-11-9-18(10-12-20)13-14-23-16-7-5-15(17)6-8-16/h5-8H,3-4,9-14H2,1-2H3. The maximum absolute atomic E-state index is 12.5. The molecule has 0 bridgehead atoms. The number of rotatable bonds is 8. The molecule has 1 saturated heterocycles. The van der Waals surface area contributed by atoms with E-state index < -0.39 is 10.2 Å². The van der Waals surface area contributed by atoms with Crippen molar-refractivity contribution in [3.05, 3.63) is 29.3 Å². The molecule has 1 fully saturated rings. The fourth-order valence-electron chi connectivity index (χ4n) is 2.72. The van der Waals surface area contributed by atoms with Crippen molar-refractivity contribution < 1.29 is 8.42 Å². The van der Waals surface area contributed by atoms with Crippen molar-refractivity contribution in [3.63, 3.8) is 0 Å². The van der Waals surface area contributed by atoms with E-state index in [1.165, 1.54) is 9.20 Å². The third-order valence-electron chi connectivity index (χ3n) is 4.18. The van der Waals surface area contributed by atoms with Gasteiger partial charge in [0.2, 0.25) is 0 Å². The zero-order valence-corrected chi connectivity index (χ0v) is 16.7. The van der Waals surface area contributed by atoms with E-state index in [2.05, 4.69) is 4.90 Å². The Morgan fingerprint density at radius 1 is 1.08 bits per heavy atom. The number of halogens is 1. The van der Waals surface area contributed by atoms with Gasteiger partial charge in [-0.05, 0) is 24.3 Å². The van der Waals surface area contributed by atoms with Crippen molar-refractivity contribution in [2.45, 2.75) is 18.7 Å². The highest BCUT2D eigenvalue weighted by Crippen LogP contribution is 2.20. The van der Waals surface area contributed by atoms with Crippen molar-refractivity contribution in [2.75, 3.05) is 51.6 Å². The lowest BCUT2D eigenvalue weighted by atomic mass is 10.4. The van der Waals surface area contributed by atoms with Crippen LogP contribution in [0.15, 0.2) is 29.2 Å². The van der Waals surface area contributed by atoms with Crippen molar-refractivity contribution in [1.29, 1.82) is 0 Å². The summed E-state index contributed by atoms with van der Waals surface area (Å²) in [6.45, 7) is 8.51. The third kappa shape index (κ3) is 5.34. The molecule has 1 aliphatic rings. The first-order valence-electron chi connectivity index (χ1n) is 8.33. The first-order valence-corrected chi connectivity index (χ1v) is 11.1. The molecule has 0 amide bonds. The number of thioether (sulfide) groups is 1. The Bertz CT molecular complexity index is 598. The van der Waals surface area contributed by atoms with Crippen LogP contribution in [0.4, 0.5) is 0 Å². The number of hydrogen-bond acceptors (Lipinski definition) is 4. The van der Waals surface area contributed by atoms with Crippen molar-refractivity contribution in [1.82, 2.24) is 13.5 Å². The second-order valence-corrected chi connectivity index (χ2v) is 9.17. The summed E-state index contributed by atoms with van der Waals surface area (Å²) in [5.74, 6) is 0.991. The minimum atomic E-state index is -3.29. The minimum Gasteiger partial charge on any atom is -0.300 e. The molecule has 0 saturated carbocycles. The lowest BCUT2D eigenvalue weighted by Crippen LogP contribution is -2.53. The topological polar surface area (TPSA) is 43.9 Å². The Kier molecular flexibility index (Phi) is 7.84. The molecule has 1 aromatic carbocycles. The molecule has 0 unspecified atom stereocenters. The second kappa shape index (κ2) is 9.40. The molecule has 136 valence electrons. The molecule has 0 N–H and O–H groups in total. The summed E-state index contributed by atoms with van der Waals surface area (Å²) >= 11 is 7.69. The SMILES string of the molecule is CCN(CC)S(=O)(=O)N1CCN(CCSc2ccc(Cl)cc2)CC1. The van der Waals surface area contributed by atoms with Gasteiger partial charge in [-0.3, -0.25) is 4.90 Å². The van der Waals surface area contributed by atoms with Crippen LogP contribution in [0.2, 0.25) is 5.02 Å². The molecule has 24 heavy (non-hydrogen) atoms. The van der Waals surface area contributed by atoms with Crippen LogP contribution in [0.5, 0.6) is 0 Å². The molecular formula is C16H26ClN3O2S2. The van der Waals surface area contributed by atoms with E-state index in [9.17, 15) is 8.42 Å². The molecule has 0 atom stereocenters. The first kappa shape index (κ1) is 20.0. The van der Waals surface area contributed by atoms with E-state index in [4.69, 9.17) is 11.6 Å². The molecule has 0 spiro atoms. The van der Waals surface area contributed by atoms with Gasteiger partial charge in [-0.15, -0.1) is 11.8 Å². The molecule has 1 aliphatic heterocycles. The molecule has 0 aromatic heterocycles. The zero-order chi connectivity index (χ0) is 17.6. The van der Waals surface area contributed by atoms with E-state index in [1.54, 1.807) is 16.1 Å². The van der Waals surface area contributed by atoms with Gasteiger partial charge >= 0.3 is 0 Å². The Balaban J connectivity index is 1.75. The van der Waals surface area contributed by atoms with Gasteiger partial charge in [0.25, 0.3) is 10.2 Å². The van der Waals surface area contributed by atoms with Crippen LogP contribution in [-0.4, -0.2) is 73.5 Å². The maximum atomic E-state index is 12.5. The summed E-state index contributed by atoms with van der Waals surface area (Å²) in [4.78, 5) is 3.54. The van der Waals surface area contributed by atoms with Gasteiger partial charge in [0.15, 0.2) is 0 Å². The van der Waals surface area contributed by atoms with Gasteiger partial charge in [-0.2, -0.15) is 17.0 Å². The van der Waals surface area contributed by atoms with Crippen LogP contribution in [0, 0.1) is 0 Å². The van der Waals surface area contributed by atoms with Crippen molar-refractivity contribution in [2.24, 2.45) is 0 Å². The maximum Gasteiger partial charge on any atom is 0.282 e. The number of benzene rings is 1. The van der Waals surface area contributed by atoms with Crippen LogP contribution in [0.25, 0.3) is 0 Å². The normalized spacial score (nSPS) is 17.5. The molecule has 5 nitrogen and oxygen atoms in total.